The van der Waals surface area contributed by atoms with Crippen LogP contribution in [0.2, 0.25) is 0 Å². The molecule has 0 atom stereocenters. The number of hydrogen-bond donors (Lipinski definition) is 1. The summed E-state index contributed by atoms with van der Waals surface area (Å²) < 4.78 is 2.23. The molecule has 1 aromatic heterocycles. The Hall–Kier alpha value is -1.86. The molecule has 0 saturated carbocycles. The number of nitrogens with zero attached hydrogens (tertiary/aromatic N) is 3. The summed E-state index contributed by atoms with van der Waals surface area (Å²) in [6, 6.07) is 7.81. The van der Waals surface area contributed by atoms with Crippen molar-refractivity contribution in [2.24, 2.45) is 0 Å². The first-order valence-corrected chi connectivity index (χ1v) is 6.80. The van der Waals surface area contributed by atoms with Gasteiger partial charge in [0.25, 0.3) is 0 Å². The lowest BCUT2D eigenvalue weighted by Crippen LogP contribution is -2.03. The topological polar surface area (TPSA) is 61.8 Å². The van der Waals surface area contributed by atoms with E-state index in [1.54, 1.807) is 0 Å². The molecule has 0 spiro atoms. The van der Waals surface area contributed by atoms with Gasteiger partial charge in [-0.25, -0.2) is 4.98 Å². The molecule has 1 aromatic carbocycles. The number of nitriles is 1. The highest BCUT2D eigenvalue weighted by Gasteiger charge is 2.10. The molecule has 1 N–H and O–H groups in total. The summed E-state index contributed by atoms with van der Waals surface area (Å²) in [6.45, 7) is 3.32. The molecule has 0 radical (unpaired) electrons. The van der Waals surface area contributed by atoms with Gasteiger partial charge in [0.05, 0.1) is 22.7 Å². The van der Waals surface area contributed by atoms with E-state index in [1.807, 2.05) is 18.2 Å². The van der Waals surface area contributed by atoms with Crippen LogP contribution in [0, 0.1) is 11.3 Å². The maximum Gasteiger partial charge on any atom is 0.109 e. The van der Waals surface area contributed by atoms with Crippen LogP contribution in [0.4, 0.5) is 0 Å². The van der Waals surface area contributed by atoms with Gasteiger partial charge < -0.3 is 9.67 Å². The van der Waals surface area contributed by atoms with Gasteiger partial charge in [-0.15, -0.1) is 0 Å². The van der Waals surface area contributed by atoms with Gasteiger partial charge in [0.1, 0.15) is 5.82 Å². The Morgan fingerprint density at radius 2 is 2.21 bits per heavy atom. The van der Waals surface area contributed by atoms with Gasteiger partial charge in [0, 0.05) is 19.6 Å². The molecule has 4 nitrogen and oxygen atoms in total. The average Bonchev–Trinajstić information content (AvgIpc) is 2.77. The van der Waals surface area contributed by atoms with Crippen molar-refractivity contribution in [1.29, 1.82) is 5.26 Å². The normalized spacial score (nSPS) is 10.8. The van der Waals surface area contributed by atoms with Crippen LogP contribution in [-0.2, 0) is 13.0 Å². The summed E-state index contributed by atoms with van der Waals surface area (Å²) >= 11 is 0. The summed E-state index contributed by atoms with van der Waals surface area (Å²) in [5.41, 5.74) is 2.64. The maximum absolute atomic E-state index is 8.94. The Labute approximate surface area is 113 Å². The van der Waals surface area contributed by atoms with Crippen LogP contribution in [0.5, 0.6) is 0 Å². The quantitative estimate of drug-likeness (QED) is 0.809. The highest BCUT2D eigenvalue weighted by Crippen LogP contribution is 2.19. The van der Waals surface area contributed by atoms with Crippen molar-refractivity contribution in [3.8, 4) is 6.07 Å². The molecule has 4 heteroatoms. The second-order valence-electron chi connectivity index (χ2n) is 4.68. The number of fused-ring (bicyclic) bond motifs is 1. The lowest BCUT2D eigenvalue weighted by atomic mass is 10.2. The third-order valence-corrected chi connectivity index (χ3v) is 3.21. The Morgan fingerprint density at radius 3 is 2.89 bits per heavy atom. The van der Waals surface area contributed by atoms with Gasteiger partial charge in [0.15, 0.2) is 0 Å². The molecule has 0 aliphatic rings. The van der Waals surface area contributed by atoms with E-state index in [9.17, 15) is 0 Å². The molecule has 0 aliphatic carbocycles. The predicted molar refractivity (Wildman–Crippen MR) is 74.8 cm³/mol. The van der Waals surface area contributed by atoms with Crippen molar-refractivity contribution in [3.63, 3.8) is 0 Å². The Bertz CT molecular complexity index is 595. The summed E-state index contributed by atoms with van der Waals surface area (Å²) in [7, 11) is 0. The zero-order valence-electron chi connectivity index (χ0n) is 11.3. The standard InChI is InChI=1S/C15H19N3O/c1-2-8-18-14-7-6-12(11-16)10-13(14)17-15(18)5-3-4-9-19/h6-7,10,19H,2-5,8-9H2,1H3. The monoisotopic (exact) mass is 257 g/mol. The lowest BCUT2D eigenvalue weighted by molar-refractivity contribution is 0.284. The second kappa shape index (κ2) is 6.35. The highest BCUT2D eigenvalue weighted by atomic mass is 16.2. The number of aliphatic hydroxyl groups is 1. The largest absolute Gasteiger partial charge is 0.396 e. The summed E-state index contributed by atoms with van der Waals surface area (Å²) in [6.07, 6.45) is 3.67. The van der Waals surface area contributed by atoms with E-state index in [-0.39, 0.29) is 6.61 Å². The highest BCUT2D eigenvalue weighted by molar-refractivity contribution is 5.77. The molecule has 0 aliphatic heterocycles. The molecule has 19 heavy (non-hydrogen) atoms. The molecule has 2 rings (SSSR count). The van der Waals surface area contributed by atoms with Crippen LogP contribution >= 0.6 is 0 Å². The van der Waals surface area contributed by atoms with Crippen LogP contribution in [0.25, 0.3) is 11.0 Å². The van der Waals surface area contributed by atoms with Gasteiger partial charge in [-0.2, -0.15) is 5.26 Å². The summed E-state index contributed by atoms with van der Waals surface area (Å²) in [4.78, 5) is 4.64. The van der Waals surface area contributed by atoms with Crippen molar-refractivity contribution in [3.05, 3.63) is 29.6 Å². The third-order valence-electron chi connectivity index (χ3n) is 3.21. The van der Waals surface area contributed by atoms with Crippen LogP contribution < -0.4 is 0 Å². The van der Waals surface area contributed by atoms with E-state index in [2.05, 4.69) is 22.5 Å². The number of benzene rings is 1. The first-order valence-electron chi connectivity index (χ1n) is 6.80. The zero-order chi connectivity index (χ0) is 13.7. The second-order valence-corrected chi connectivity index (χ2v) is 4.68. The van der Waals surface area contributed by atoms with Crippen LogP contribution in [0.3, 0.4) is 0 Å². The minimum atomic E-state index is 0.229. The molecular weight excluding hydrogens is 238 g/mol. The minimum Gasteiger partial charge on any atom is -0.396 e. The first kappa shape index (κ1) is 13.6. The number of unbranched alkanes of at least 4 members (excludes halogenated alkanes) is 1. The third kappa shape index (κ3) is 2.94. The van der Waals surface area contributed by atoms with Gasteiger partial charge >= 0.3 is 0 Å². The van der Waals surface area contributed by atoms with Crippen molar-refractivity contribution in [2.45, 2.75) is 39.2 Å². The fourth-order valence-corrected chi connectivity index (χ4v) is 2.31. The number of aliphatic hydroxyl groups excluding tert-OH is 1. The van der Waals surface area contributed by atoms with Crippen molar-refractivity contribution >= 4 is 11.0 Å². The molecule has 0 amide bonds. The van der Waals surface area contributed by atoms with Gasteiger partial charge in [-0.1, -0.05) is 6.92 Å². The number of imidazole rings is 1. The Kier molecular flexibility index (Phi) is 4.53. The number of rotatable bonds is 6. The maximum atomic E-state index is 8.94. The number of aryl methyl sites for hydroxylation is 2. The summed E-state index contributed by atoms with van der Waals surface area (Å²) in [5.74, 6) is 1.06. The minimum absolute atomic E-state index is 0.229. The van der Waals surface area contributed by atoms with Crippen LogP contribution in [0.1, 0.15) is 37.6 Å². The first-order chi connectivity index (χ1) is 9.30. The van der Waals surface area contributed by atoms with E-state index < -0.39 is 0 Å². The zero-order valence-corrected chi connectivity index (χ0v) is 11.3. The molecular formula is C15H19N3O. The molecule has 100 valence electrons. The van der Waals surface area contributed by atoms with E-state index >= 15 is 0 Å². The Balaban J connectivity index is 2.38. The van der Waals surface area contributed by atoms with E-state index in [0.717, 1.165) is 49.1 Å². The molecule has 0 fully saturated rings. The molecule has 0 saturated heterocycles. The average molecular weight is 257 g/mol. The van der Waals surface area contributed by atoms with Crippen molar-refractivity contribution < 1.29 is 5.11 Å². The van der Waals surface area contributed by atoms with E-state index in [1.165, 1.54) is 0 Å². The molecule has 0 bridgehead atoms. The van der Waals surface area contributed by atoms with E-state index in [0.29, 0.717) is 5.56 Å². The molecule has 0 unspecified atom stereocenters. The predicted octanol–water partition coefficient (Wildman–Crippen LogP) is 2.63. The van der Waals surface area contributed by atoms with Gasteiger partial charge in [-0.3, -0.25) is 0 Å². The van der Waals surface area contributed by atoms with Gasteiger partial charge in [-0.05, 0) is 37.5 Å². The fourth-order valence-electron chi connectivity index (χ4n) is 2.31. The number of hydrogen-bond acceptors (Lipinski definition) is 3. The number of aromatic nitrogens is 2. The van der Waals surface area contributed by atoms with Gasteiger partial charge in [0.2, 0.25) is 0 Å². The van der Waals surface area contributed by atoms with Crippen molar-refractivity contribution in [1.82, 2.24) is 9.55 Å². The van der Waals surface area contributed by atoms with Crippen molar-refractivity contribution in [2.75, 3.05) is 6.61 Å². The lowest BCUT2D eigenvalue weighted by Gasteiger charge is -2.07. The smallest absolute Gasteiger partial charge is 0.109 e. The van der Waals surface area contributed by atoms with Crippen LogP contribution in [0.15, 0.2) is 18.2 Å². The summed E-state index contributed by atoms with van der Waals surface area (Å²) in [5, 5.41) is 17.8. The molecule has 2 aromatic rings. The SMILES string of the molecule is CCCn1c(CCCCO)nc2cc(C#N)ccc21. The van der Waals surface area contributed by atoms with E-state index in [4.69, 9.17) is 10.4 Å². The van der Waals surface area contributed by atoms with Crippen LogP contribution in [-0.4, -0.2) is 21.3 Å². The molecule has 1 heterocycles. The fraction of sp³-hybridized carbons (Fsp3) is 0.467. The Morgan fingerprint density at radius 1 is 1.37 bits per heavy atom.